The van der Waals surface area contributed by atoms with Crippen LogP contribution in [0.25, 0.3) is 10.8 Å². The van der Waals surface area contributed by atoms with Gasteiger partial charge >= 0.3 is 0 Å². The van der Waals surface area contributed by atoms with Crippen molar-refractivity contribution in [2.75, 3.05) is 26.2 Å². The molecule has 3 nitrogen and oxygen atoms in total. The molecule has 0 aromatic heterocycles. The van der Waals surface area contributed by atoms with Gasteiger partial charge in [-0.2, -0.15) is 5.10 Å². The third-order valence-electron chi connectivity index (χ3n) is 5.32. The third kappa shape index (κ3) is 4.17. The first-order valence-corrected chi connectivity index (χ1v) is 9.55. The Hall–Kier alpha value is -2.72. The molecule has 3 aromatic carbocycles. The number of hydrogen-bond acceptors (Lipinski definition) is 2. The first-order valence-electron chi connectivity index (χ1n) is 9.55. The lowest BCUT2D eigenvalue weighted by atomic mass is 10.0. The van der Waals surface area contributed by atoms with Crippen molar-refractivity contribution in [2.24, 2.45) is 5.10 Å². The number of fused-ring (bicyclic) bond motifs is 1. The maximum atomic E-state index is 13.1. The average molecular weight is 362 g/mol. The van der Waals surface area contributed by atoms with Crippen LogP contribution in [-0.4, -0.2) is 36.9 Å². The van der Waals surface area contributed by atoms with Crippen LogP contribution >= 0.6 is 0 Å². The summed E-state index contributed by atoms with van der Waals surface area (Å²) in [6.07, 6.45) is 0. The second-order valence-corrected chi connectivity index (χ2v) is 7.21. The van der Waals surface area contributed by atoms with E-state index in [9.17, 15) is 4.39 Å². The molecule has 0 saturated carbocycles. The molecule has 0 amide bonds. The number of quaternary nitrogens is 1. The summed E-state index contributed by atoms with van der Waals surface area (Å²) >= 11 is 0. The lowest BCUT2D eigenvalue weighted by molar-refractivity contribution is -0.918. The molecule has 0 bridgehead atoms. The summed E-state index contributed by atoms with van der Waals surface area (Å²) in [6, 6.07) is 21.7. The molecule has 4 rings (SSSR count). The zero-order valence-corrected chi connectivity index (χ0v) is 15.7. The summed E-state index contributed by atoms with van der Waals surface area (Å²) in [5, 5.41) is 9.56. The van der Waals surface area contributed by atoms with Crippen LogP contribution in [0.2, 0.25) is 0 Å². The van der Waals surface area contributed by atoms with Gasteiger partial charge in [-0.05, 0) is 35.4 Å². The number of halogens is 1. The van der Waals surface area contributed by atoms with Crippen molar-refractivity contribution >= 4 is 16.5 Å². The van der Waals surface area contributed by atoms with E-state index < -0.39 is 0 Å². The Kier molecular flexibility index (Phi) is 5.16. The summed E-state index contributed by atoms with van der Waals surface area (Å²) in [5.74, 6) is -0.211. The van der Waals surface area contributed by atoms with Gasteiger partial charge in [0.2, 0.25) is 0 Å². The van der Waals surface area contributed by atoms with Gasteiger partial charge in [0.05, 0.1) is 31.9 Å². The molecule has 3 aromatic rings. The second kappa shape index (κ2) is 7.89. The summed E-state index contributed by atoms with van der Waals surface area (Å²) in [7, 11) is 0. The standard InChI is InChI=1S/C23H24FN3/c1-18(19-9-11-22(24)12-10-19)25-27-15-13-26(14-16-27)17-21-7-4-6-20-5-2-3-8-23(20)21/h2-12H,13-17H2,1H3/p+1/b25-18+. The maximum Gasteiger partial charge on any atom is 0.123 e. The molecule has 0 aliphatic carbocycles. The second-order valence-electron chi connectivity index (χ2n) is 7.21. The molecule has 1 N–H and O–H groups in total. The number of nitrogens with zero attached hydrogens (tertiary/aromatic N) is 2. The van der Waals surface area contributed by atoms with Crippen LogP contribution < -0.4 is 4.90 Å². The van der Waals surface area contributed by atoms with Gasteiger partial charge in [0, 0.05) is 5.56 Å². The normalized spacial score (nSPS) is 16.1. The average Bonchev–Trinajstić information content (AvgIpc) is 2.70. The lowest BCUT2D eigenvalue weighted by Crippen LogP contribution is -3.13. The van der Waals surface area contributed by atoms with E-state index >= 15 is 0 Å². The van der Waals surface area contributed by atoms with Gasteiger partial charge in [-0.25, -0.2) is 4.39 Å². The van der Waals surface area contributed by atoms with E-state index in [4.69, 9.17) is 5.10 Å². The van der Waals surface area contributed by atoms with Crippen molar-refractivity contribution in [1.82, 2.24) is 5.01 Å². The SMILES string of the molecule is C/C(=N\N1CC[NH+](Cc2cccc3ccccc23)CC1)c1ccc(F)cc1. The van der Waals surface area contributed by atoms with Crippen LogP contribution in [0.1, 0.15) is 18.1 Å². The number of rotatable bonds is 4. The van der Waals surface area contributed by atoms with Crippen molar-refractivity contribution in [1.29, 1.82) is 0 Å². The molecular formula is C23H25FN3+. The van der Waals surface area contributed by atoms with E-state index in [-0.39, 0.29) is 5.82 Å². The van der Waals surface area contributed by atoms with Gasteiger partial charge in [-0.1, -0.05) is 54.6 Å². The van der Waals surface area contributed by atoms with E-state index in [1.54, 1.807) is 17.0 Å². The van der Waals surface area contributed by atoms with Gasteiger partial charge in [0.25, 0.3) is 0 Å². The van der Waals surface area contributed by atoms with Crippen molar-refractivity contribution in [3.05, 3.63) is 83.7 Å². The van der Waals surface area contributed by atoms with Crippen LogP contribution in [0.3, 0.4) is 0 Å². The van der Waals surface area contributed by atoms with Crippen LogP contribution in [0.15, 0.2) is 71.8 Å². The van der Waals surface area contributed by atoms with Crippen LogP contribution in [0.4, 0.5) is 4.39 Å². The Balaban J connectivity index is 1.39. The van der Waals surface area contributed by atoms with E-state index in [0.29, 0.717) is 0 Å². The molecule has 0 radical (unpaired) electrons. The topological polar surface area (TPSA) is 20.0 Å². The highest BCUT2D eigenvalue weighted by molar-refractivity contribution is 5.98. The molecule has 1 heterocycles. The fourth-order valence-corrected chi connectivity index (χ4v) is 3.76. The zero-order valence-electron chi connectivity index (χ0n) is 15.7. The first kappa shape index (κ1) is 17.7. The van der Waals surface area contributed by atoms with Gasteiger partial charge in [0.15, 0.2) is 0 Å². The highest BCUT2D eigenvalue weighted by Crippen LogP contribution is 2.17. The quantitative estimate of drug-likeness (QED) is 0.707. The minimum Gasteiger partial charge on any atom is -0.328 e. The van der Waals surface area contributed by atoms with Gasteiger partial charge in [0.1, 0.15) is 12.4 Å². The largest absolute Gasteiger partial charge is 0.328 e. The van der Waals surface area contributed by atoms with Gasteiger partial charge < -0.3 is 4.90 Å². The van der Waals surface area contributed by atoms with Crippen molar-refractivity contribution in [3.63, 3.8) is 0 Å². The van der Waals surface area contributed by atoms with Crippen LogP contribution in [-0.2, 0) is 6.54 Å². The number of nitrogens with one attached hydrogen (secondary N) is 1. The Morgan fingerprint density at radius 1 is 0.963 bits per heavy atom. The molecular weight excluding hydrogens is 337 g/mol. The molecule has 4 heteroatoms. The Morgan fingerprint density at radius 3 is 2.44 bits per heavy atom. The third-order valence-corrected chi connectivity index (χ3v) is 5.32. The Bertz CT molecular complexity index is 936. The fraction of sp³-hybridized carbons (Fsp3) is 0.261. The molecule has 27 heavy (non-hydrogen) atoms. The van der Waals surface area contributed by atoms with Crippen molar-refractivity contribution in [3.8, 4) is 0 Å². The maximum absolute atomic E-state index is 13.1. The van der Waals surface area contributed by atoms with E-state index in [0.717, 1.165) is 44.0 Å². The van der Waals surface area contributed by atoms with E-state index in [2.05, 4.69) is 47.5 Å². The highest BCUT2D eigenvalue weighted by Gasteiger charge is 2.20. The minimum absolute atomic E-state index is 0.211. The van der Waals surface area contributed by atoms with Crippen molar-refractivity contribution in [2.45, 2.75) is 13.5 Å². The van der Waals surface area contributed by atoms with Crippen LogP contribution in [0, 0.1) is 5.82 Å². The number of benzene rings is 3. The zero-order chi connectivity index (χ0) is 18.6. The molecule has 1 saturated heterocycles. The monoisotopic (exact) mass is 362 g/mol. The summed E-state index contributed by atoms with van der Waals surface area (Å²) < 4.78 is 13.1. The van der Waals surface area contributed by atoms with Gasteiger partial charge in [-0.3, -0.25) is 5.01 Å². The number of piperazine rings is 1. The Morgan fingerprint density at radius 2 is 1.67 bits per heavy atom. The summed E-state index contributed by atoms with van der Waals surface area (Å²) in [4.78, 5) is 1.59. The predicted molar refractivity (Wildman–Crippen MR) is 109 cm³/mol. The molecule has 138 valence electrons. The summed E-state index contributed by atoms with van der Waals surface area (Å²) in [6.45, 7) is 7.07. The highest BCUT2D eigenvalue weighted by atomic mass is 19.1. The predicted octanol–water partition coefficient (Wildman–Crippen LogP) is 3.10. The van der Waals surface area contributed by atoms with Crippen LogP contribution in [0.5, 0.6) is 0 Å². The fourth-order valence-electron chi connectivity index (χ4n) is 3.76. The van der Waals surface area contributed by atoms with E-state index in [1.807, 2.05) is 6.92 Å². The molecule has 1 aliphatic rings. The minimum atomic E-state index is -0.211. The van der Waals surface area contributed by atoms with E-state index in [1.165, 1.54) is 28.5 Å². The smallest absolute Gasteiger partial charge is 0.123 e. The molecule has 1 aliphatic heterocycles. The van der Waals surface area contributed by atoms with Crippen molar-refractivity contribution < 1.29 is 9.29 Å². The molecule has 0 spiro atoms. The molecule has 0 atom stereocenters. The number of hydrogen-bond donors (Lipinski definition) is 1. The first-order chi connectivity index (χ1) is 13.2. The molecule has 1 fully saturated rings. The molecule has 0 unspecified atom stereocenters. The summed E-state index contributed by atoms with van der Waals surface area (Å²) in [5.41, 5.74) is 3.33. The van der Waals surface area contributed by atoms with Gasteiger partial charge in [-0.15, -0.1) is 0 Å². The number of hydrazone groups is 1. The lowest BCUT2D eigenvalue weighted by Gasteiger charge is -2.31. The Labute approximate surface area is 159 Å².